The molecule has 1 heterocycles. The number of carbonyl (C=O) groups excluding carboxylic acids is 1. The fourth-order valence-electron chi connectivity index (χ4n) is 4.10. The van der Waals surface area contributed by atoms with Crippen molar-refractivity contribution in [2.75, 3.05) is 6.61 Å². The van der Waals surface area contributed by atoms with Crippen molar-refractivity contribution in [3.63, 3.8) is 0 Å². The number of nitrogens with one attached hydrogen (secondary N) is 1. The van der Waals surface area contributed by atoms with E-state index in [9.17, 15) is 4.79 Å². The molecule has 0 bridgehead atoms. The van der Waals surface area contributed by atoms with E-state index in [0.717, 1.165) is 40.0 Å². The van der Waals surface area contributed by atoms with Gasteiger partial charge < -0.3 is 14.6 Å². The molecule has 1 amide bonds. The van der Waals surface area contributed by atoms with Crippen molar-refractivity contribution in [3.05, 3.63) is 94.2 Å². The van der Waals surface area contributed by atoms with Gasteiger partial charge in [0.05, 0.1) is 23.7 Å². The lowest BCUT2D eigenvalue weighted by Crippen LogP contribution is -2.28. The van der Waals surface area contributed by atoms with Gasteiger partial charge >= 0.3 is 0 Å². The molecule has 1 unspecified atom stereocenters. The maximum absolute atomic E-state index is 12.8. The van der Waals surface area contributed by atoms with Crippen LogP contribution in [0.4, 0.5) is 0 Å². The van der Waals surface area contributed by atoms with Crippen LogP contribution >= 0.6 is 15.9 Å². The SMILES string of the molecule is CC(NC(=O)c1cccc(Br)c1)c1nc2ccccc2n1CCCOc1ccc(C(C)(C)C)cc1. The Balaban J connectivity index is 1.44. The number of aryl methyl sites for hydroxylation is 1. The number of halogens is 1. The van der Waals surface area contributed by atoms with Gasteiger partial charge in [0.2, 0.25) is 0 Å². The Kier molecular flexibility index (Phi) is 7.60. The molecule has 0 aliphatic rings. The predicted molar refractivity (Wildman–Crippen MR) is 145 cm³/mol. The molecule has 1 N–H and O–H groups in total. The molecule has 4 aromatic rings. The number of amides is 1. The fourth-order valence-corrected chi connectivity index (χ4v) is 4.50. The molecule has 0 saturated heterocycles. The molecule has 5 nitrogen and oxygen atoms in total. The van der Waals surface area contributed by atoms with Gasteiger partial charge in [-0.3, -0.25) is 4.79 Å². The van der Waals surface area contributed by atoms with Crippen molar-refractivity contribution in [2.45, 2.75) is 52.1 Å². The van der Waals surface area contributed by atoms with Crippen LogP contribution < -0.4 is 10.1 Å². The fraction of sp³-hybridized carbons (Fsp3) is 0.310. The molecule has 0 fully saturated rings. The lowest BCUT2D eigenvalue weighted by Gasteiger charge is -2.19. The van der Waals surface area contributed by atoms with Gasteiger partial charge in [-0.25, -0.2) is 4.98 Å². The molecular weight excluding hydrogens is 502 g/mol. The third-order valence-corrected chi connectivity index (χ3v) is 6.51. The third kappa shape index (κ3) is 6.12. The average Bonchev–Trinajstić information content (AvgIpc) is 3.20. The molecule has 3 aromatic carbocycles. The van der Waals surface area contributed by atoms with Crippen LogP contribution in [-0.2, 0) is 12.0 Å². The van der Waals surface area contributed by atoms with Crippen molar-refractivity contribution in [3.8, 4) is 5.75 Å². The van der Waals surface area contributed by atoms with E-state index in [0.29, 0.717) is 12.2 Å². The lowest BCUT2D eigenvalue weighted by molar-refractivity contribution is 0.0937. The summed E-state index contributed by atoms with van der Waals surface area (Å²) in [6.07, 6.45) is 0.820. The summed E-state index contributed by atoms with van der Waals surface area (Å²) in [5, 5.41) is 3.10. The Bertz CT molecular complexity index is 1310. The van der Waals surface area contributed by atoms with E-state index in [-0.39, 0.29) is 17.4 Å². The van der Waals surface area contributed by atoms with E-state index in [2.05, 4.69) is 64.8 Å². The van der Waals surface area contributed by atoms with Crippen LogP contribution in [0.15, 0.2) is 77.3 Å². The van der Waals surface area contributed by atoms with Crippen molar-refractivity contribution in [1.82, 2.24) is 14.9 Å². The summed E-state index contributed by atoms with van der Waals surface area (Å²) in [6.45, 7) is 9.93. The maximum Gasteiger partial charge on any atom is 0.251 e. The maximum atomic E-state index is 12.8. The van der Waals surface area contributed by atoms with E-state index in [4.69, 9.17) is 9.72 Å². The molecule has 35 heavy (non-hydrogen) atoms. The summed E-state index contributed by atoms with van der Waals surface area (Å²) in [4.78, 5) is 17.7. The Hall–Kier alpha value is -3.12. The Morgan fingerprint density at radius 2 is 1.80 bits per heavy atom. The van der Waals surface area contributed by atoms with E-state index in [1.54, 1.807) is 6.07 Å². The molecule has 182 valence electrons. The molecule has 0 radical (unpaired) electrons. The number of para-hydroxylation sites is 2. The van der Waals surface area contributed by atoms with E-state index < -0.39 is 0 Å². The molecule has 4 rings (SSSR count). The van der Waals surface area contributed by atoms with Crippen molar-refractivity contribution in [2.24, 2.45) is 0 Å². The van der Waals surface area contributed by atoms with E-state index in [1.165, 1.54) is 5.56 Å². The van der Waals surface area contributed by atoms with Gasteiger partial charge in [-0.2, -0.15) is 0 Å². The minimum absolute atomic E-state index is 0.126. The number of fused-ring (bicyclic) bond motifs is 1. The highest BCUT2D eigenvalue weighted by Crippen LogP contribution is 2.25. The standard InChI is InChI=1S/C29H32BrN3O2/c1-20(31-28(34)21-9-7-10-23(30)19-21)27-32-25-11-5-6-12-26(25)33(27)17-8-18-35-24-15-13-22(14-16-24)29(2,3)4/h5-7,9-16,19-20H,8,17-18H2,1-4H3,(H,31,34). The number of nitrogens with zero attached hydrogens (tertiary/aromatic N) is 2. The molecule has 1 atom stereocenters. The predicted octanol–water partition coefficient (Wildman–Crippen LogP) is 7.06. The first-order valence-corrected chi connectivity index (χ1v) is 12.8. The number of aromatic nitrogens is 2. The normalized spacial score (nSPS) is 12.5. The van der Waals surface area contributed by atoms with Crippen LogP contribution in [0.3, 0.4) is 0 Å². The molecular formula is C29H32BrN3O2. The number of hydrogen-bond acceptors (Lipinski definition) is 3. The van der Waals surface area contributed by atoms with Gasteiger partial charge in [0.1, 0.15) is 11.6 Å². The second-order valence-electron chi connectivity index (χ2n) is 9.79. The topological polar surface area (TPSA) is 56.2 Å². The Morgan fingerprint density at radius 1 is 1.06 bits per heavy atom. The number of ether oxygens (including phenoxy) is 1. The van der Waals surface area contributed by atoms with Gasteiger partial charge in [-0.15, -0.1) is 0 Å². The van der Waals surface area contributed by atoms with E-state index in [1.807, 2.05) is 55.5 Å². The quantitative estimate of drug-likeness (QED) is 0.246. The Morgan fingerprint density at radius 3 is 2.51 bits per heavy atom. The van der Waals surface area contributed by atoms with Crippen LogP contribution in [0.25, 0.3) is 11.0 Å². The van der Waals surface area contributed by atoms with Gasteiger partial charge in [0, 0.05) is 16.6 Å². The average molecular weight is 534 g/mol. The first-order valence-electron chi connectivity index (χ1n) is 12.0. The number of rotatable bonds is 8. The lowest BCUT2D eigenvalue weighted by atomic mass is 9.87. The number of benzene rings is 3. The van der Waals surface area contributed by atoms with E-state index >= 15 is 0 Å². The Labute approximate surface area is 215 Å². The molecule has 6 heteroatoms. The van der Waals surface area contributed by atoms with Crippen LogP contribution in [0, 0.1) is 0 Å². The van der Waals surface area contributed by atoms with Crippen LogP contribution in [0.2, 0.25) is 0 Å². The van der Waals surface area contributed by atoms with Crippen LogP contribution in [0.1, 0.15) is 61.9 Å². The second-order valence-corrected chi connectivity index (χ2v) is 10.7. The summed E-state index contributed by atoms with van der Waals surface area (Å²) in [6, 6.07) is 23.6. The molecule has 1 aromatic heterocycles. The zero-order valence-corrected chi connectivity index (χ0v) is 22.3. The van der Waals surface area contributed by atoms with Crippen molar-refractivity contribution in [1.29, 1.82) is 0 Å². The highest BCUT2D eigenvalue weighted by atomic mass is 79.9. The first kappa shape index (κ1) is 25.0. The van der Waals surface area contributed by atoms with Gasteiger partial charge in [-0.05, 0) is 66.8 Å². The van der Waals surface area contributed by atoms with Crippen LogP contribution in [0.5, 0.6) is 5.75 Å². The molecule has 0 aliphatic carbocycles. The van der Waals surface area contributed by atoms with Gasteiger partial charge in [0.25, 0.3) is 5.91 Å². The van der Waals surface area contributed by atoms with Gasteiger partial charge in [0.15, 0.2) is 0 Å². The number of imidazole rings is 1. The molecule has 0 aliphatic heterocycles. The highest BCUT2D eigenvalue weighted by Gasteiger charge is 2.19. The smallest absolute Gasteiger partial charge is 0.251 e. The zero-order chi connectivity index (χ0) is 25.0. The largest absolute Gasteiger partial charge is 0.494 e. The zero-order valence-electron chi connectivity index (χ0n) is 20.7. The third-order valence-electron chi connectivity index (χ3n) is 6.02. The highest BCUT2D eigenvalue weighted by molar-refractivity contribution is 9.10. The molecule has 0 spiro atoms. The minimum Gasteiger partial charge on any atom is -0.494 e. The summed E-state index contributed by atoms with van der Waals surface area (Å²) in [7, 11) is 0. The number of hydrogen-bond donors (Lipinski definition) is 1. The number of carbonyl (C=O) groups is 1. The first-order chi connectivity index (χ1) is 16.7. The van der Waals surface area contributed by atoms with Crippen molar-refractivity contribution >= 4 is 32.9 Å². The van der Waals surface area contributed by atoms with Crippen LogP contribution in [-0.4, -0.2) is 22.1 Å². The van der Waals surface area contributed by atoms with Gasteiger partial charge in [-0.1, -0.05) is 67.0 Å². The second kappa shape index (κ2) is 10.6. The summed E-state index contributed by atoms with van der Waals surface area (Å²) >= 11 is 3.43. The summed E-state index contributed by atoms with van der Waals surface area (Å²) in [5.74, 6) is 1.59. The minimum atomic E-state index is -0.250. The van der Waals surface area contributed by atoms with Crippen molar-refractivity contribution < 1.29 is 9.53 Å². The molecule has 0 saturated carbocycles. The summed E-state index contributed by atoms with van der Waals surface area (Å²) < 4.78 is 9.07. The summed E-state index contributed by atoms with van der Waals surface area (Å²) in [5.41, 5.74) is 4.00. The monoisotopic (exact) mass is 533 g/mol.